The molecule has 1 unspecified atom stereocenters. The van der Waals surface area contributed by atoms with Crippen LogP contribution in [0.15, 0.2) is 29.1 Å². The van der Waals surface area contributed by atoms with Crippen molar-refractivity contribution in [2.24, 2.45) is 5.92 Å². The lowest BCUT2D eigenvalue weighted by Gasteiger charge is -2.20. The summed E-state index contributed by atoms with van der Waals surface area (Å²) in [7, 11) is 0. The zero-order valence-electron chi connectivity index (χ0n) is 15.9. The van der Waals surface area contributed by atoms with Crippen molar-refractivity contribution in [3.8, 4) is 5.75 Å². The van der Waals surface area contributed by atoms with Crippen LogP contribution in [0.2, 0.25) is 0 Å². The van der Waals surface area contributed by atoms with Gasteiger partial charge in [0.25, 0.3) is 0 Å². The fourth-order valence-electron chi connectivity index (χ4n) is 2.72. The zero-order valence-corrected chi connectivity index (χ0v) is 15.9. The molecule has 2 rings (SSSR count). The summed E-state index contributed by atoms with van der Waals surface area (Å²) in [5.74, 6) is -0.512. The van der Waals surface area contributed by atoms with Crippen molar-refractivity contribution in [3.63, 3.8) is 0 Å². The minimum Gasteiger partial charge on any atom is -0.424 e. The highest BCUT2D eigenvalue weighted by Crippen LogP contribution is 2.28. The highest BCUT2D eigenvalue weighted by molar-refractivity contribution is 6.11. The first-order chi connectivity index (χ1) is 12.2. The third-order valence-electron chi connectivity index (χ3n) is 4.06. The summed E-state index contributed by atoms with van der Waals surface area (Å²) >= 11 is 0. The molecule has 0 fully saturated rings. The number of nitrogens with one attached hydrogen (secondary N) is 2. The molecular formula is C20H26N2O4. The van der Waals surface area contributed by atoms with Crippen LogP contribution in [0.4, 0.5) is 0 Å². The topological polar surface area (TPSA) is 88.3 Å². The van der Waals surface area contributed by atoms with Crippen molar-refractivity contribution in [1.82, 2.24) is 10.3 Å². The summed E-state index contributed by atoms with van der Waals surface area (Å²) in [6.45, 7) is 9.38. The standard InChI is InChI=1S/C20H26N2O4/c1-6-15(21-12(4)5)19(24)14-7-9-16(26-20(25)11(2)3)18-13(14)8-10-17(23)22-18/h7-12,15,21H,6H2,1-5H3,(H,22,23). The maximum absolute atomic E-state index is 13.0. The molecule has 0 aliphatic rings. The zero-order chi connectivity index (χ0) is 19.4. The number of benzene rings is 1. The third kappa shape index (κ3) is 4.38. The Labute approximate surface area is 152 Å². The van der Waals surface area contributed by atoms with E-state index in [1.807, 2.05) is 20.8 Å². The molecule has 140 valence electrons. The Hall–Kier alpha value is -2.47. The van der Waals surface area contributed by atoms with Crippen LogP contribution in [-0.4, -0.2) is 28.8 Å². The summed E-state index contributed by atoms with van der Waals surface area (Å²) in [5, 5.41) is 3.82. The van der Waals surface area contributed by atoms with Crippen molar-refractivity contribution in [2.75, 3.05) is 0 Å². The van der Waals surface area contributed by atoms with Gasteiger partial charge in [-0.25, -0.2) is 0 Å². The van der Waals surface area contributed by atoms with Gasteiger partial charge in [-0.05, 0) is 24.6 Å². The Kier molecular flexibility index (Phi) is 6.32. The molecule has 0 bridgehead atoms. The normalized spacial score (nSPS) is 12.6. The maximum atomic E-state index is 13.0. The number of Topliss-reactive ketones (excluding diaryl/α,β-unsaturated/α-hetero) is 1. The van der Waals surface area contributed by atoms with Gasteiger partial charge in [-0.3, -0.25) is 14.4 Å². The van der Waals surface area contributed by atoms with E-state index in [9.17, 15) is 14.4 Å². The average molecular weight is 358 g/mol. The number of aromatic nitrogens is 1. The monoisotopic (exact) mass is 358 g/mol. The van der Waals surface area contributed by atoms with Gasteiger partial charge in [0.2, 0.25) is 5.56 Å². The van der Waals surface area contributed by atoms with Crippen LogP contribution in [0.3, 0.4) is 0 Å². The van der Waals surface area contributed by atoms with E-state index >= 15 is 0 Å². The highest BCUT2D eigenvalue weighted by Gasteiger charge is 2.23. The number of ketones is 1. The predicted octanol–water partition coefficient (Wildman–Crippen LogP) is 3.05. The molecule has 1 heterocycles. The van der Waals surface area contributed by atoms with Crippen LogP contribution in [0.25, 0.3) is 10.9 Å². The molecule has 2 aromatic rings. The number of carbonyl (C=O) groups excluding carboxylic acids is 2. The second kappa shape index (κ2) is 8.27. The van der Waals surface area contributed by atoms with Gasteiger partial charge in [0.1, 0.15) is 0 Å². The highest BCUT2D eigenvalue weighted by atomic mass is 16.5. The number of H-pyrrole nitrogens is 1. The summed E-state index contributed by atoms with van der Waals surface area (Å²) in [6, 6.07) is 6.01. The van der Waals surface area contributed by atoms with E-state index in [1.54, 1.807) is 32.0 Å². The molecule has 0 aliphatic carbocycles. The lowest BCUT2D eigenvalue weighted by molar-refractivity contribution is -0.137. The van der Waals surface area contributed by atoms with Gasteiger partial charge in [0.05, 0.1) is 17.5 Å². The molecular weight excluding hydrogens is 332 g/mol. The van der Waals surface area contributed by atoms with Gasteiger partial charge in [-0.15, -0.1) is 0 Å². The number of hydrogen-bond acceptors (Lipinski definition) is 5. The quantitative estimate of drug-likeness (QED) is 0.451. The molecule has 0 spiro atoms. The molecule has 0 saturated heterocycles. The minimum atomic E-state index is -0.400. The van der Waals surface area contributed by atoms with Gasteiger partial charge < -0.3 is 15.0 Å². The molecule has 1 aromatic carbocycles. The van der Waals surface area contributed by atoms with Gasteiger partial charge in [0.15, 0.2) is 11.5 Å². The first-order valence-corrected chi connectivity index (χ1v) is 8.92. The largest absolute Gasteiger partial charge is 0.424 e. The molecule has 26 heavy (non-hydrogen) atoms. The van der Waals surface area contributed by atoms with Crippen LogP contribution in [0, 0.1) is 5.92 Å². The van der Waals surface area contributed by atoms with Crippen LogP contribution in [0.5, 0.6) is 5.75 Å². The number of fused-ring (bicyclic) bond motifs is 1. The molecule has 1 atom stereocenters. The maximum Gasteiger partial charge on any atom is 0.313 e. The molecule has 0 amide bonds. The lowest BCUT2D eigenvalue weighted by Crippen LogP contribution is -2.40. The molecule has 0 radical (unpaired) electrons. The Morgan fingerprint density at radius 2 is 1.81 bits per heavy atom. The number of carbonyl (C=O) groups is 2. The predicted molar refractivity (Wildman–Crippen MR) is 102 cm³/mol. The van der Waals surface area contributed by atoms with E-state index in [2.05, 4.69) is 10.3 Å². The van der Waals surface area contributed by atoms with E-state index in [4.69, 9.17) is 4.74 Å². The molecule has 6 heteroatoms. The molecule has 6 nitrogen and oxygen atoms in total. The summed E-state index contributed by atoms with van der Waals surface area (Å²) in [4.78, 5) is 39.4. The first-order valence-electron chi connectivity index (χ1n) is 8.92. The van der Waals surface area contributed by atoms with Crippen molar-refractivity contribution >= 4 is 22.7 Å². The van der Waals surface area contributed by atoms with Crippen molar-refractivity contribution < 1.29 is 14.3 Å². The van der Waals surface area contributed by atoms with E-state index in [0.717, 1.165) is 0 Å². The van der Waals surface area contributed by atoms with E-state index in [0.29, 0.717) is 22.9 Å². The van der Waals surface area contributed by atoms with Gasteiger partial charge >= 0.3 is 5.97 Å². The van der Waals surface area contributed by atoms with E-state index in [1.165, 1.54) is 6.07 Å². The Morgan fingerprint density at radius 3 is 2.38 bits per heavy atom. The van der Waals surface area contributed by atoms with E-state index < -0.39 is 5.97 Å². The second-order valence-corrected chi connectivity index (χ2v) is 6.94. The number of ether oxygens (including phenoxy) is 1. The smallest absolute Gasteiger partial charge is 0.313 e. The third-order valence-corrected chi connectivity index (χ3v) is 4.06. The van der Waals surface area contributed by atoms with Gasteiger partial charge in [0, 0.05) is 23.1 Å². The number of hydrogen-bond donors (Lipinski definition) is 2. The summed E-state index contributed by atoms with van der Waals surface area (Å²) in [5.41, 5.74) is 0.522. The van der Waals surface area contributed by atoms with Crippen molar-refractivity contribution in [3.05, 3.63) is 40.2 Å². The number of rotatable bonds is 7. The van der Waals surface area contributed by atoms with Gasteiger partial charge in [-0.2, -0.15) is 0 Å². The summed E-state index contributed by atoms with van der Waals surface area (Å²) in [6.07, 6.45) is 0.645. The lowest BCUT2D eigenvalue weighted by atomic mass is 9.97. The fraction of sp³-hybridized carbons (Fsp3) is 0.450. The molecule has 0 saturated carbocycles. The van der Waals surface area contributed by atoms with Crippen molar-refractivity contribution in [1.29, 1.82) is 0 Å². The van der Waals surface area contributed by atoms with Crippen LogP contribution in [-0.2, 0) is 4.79 Å². The Bertz CT molecular complexity index is 868. The number of esters is 1. The number of aromatic amines is 1. The van der Waals surface area contributed by atoms with Crippen LogP contribution < -0.4 is 15.6 Å². The summed E-state index contributed by atoms with van der Waals surface area (Å²) < 4.78 is 5.39. The molecule has 0 aliphatic heterocycles. The average Bonchev–Trinajstić information content (AvgIpc) is 2.59. The molecule has 1 aromatic heterocycles. The SMILES string of the molecule is CCC(NC(C)C)C(=O)c1ccc(OC(=O)C(C)C)c2[nH]c(=O)ccc12. The Morgan fingerprint density at radius 1 is 1.12 bits per heavy atom. The van der Waals surface area contributed by atoms with Crippen LogP contribution >= 0.6 is 0 Å². The number of pyridine rings is 1. The first kappa shape index (κ1) is 19.8. The van der Waals surface area contributed by atoms with Crippen molar-refractivity contribution in [2.45, 2.75) is 53.1 Å². The Balaban J connectivity index is 2.54. The fourth-order valence-corrected chi connectivity index (χ4v) is 2.72. The minimum absolute atomic E-state index is 0.0556. The molecule has 2 N–H and O–H groups in total. The van der Waals surface area contributed by atoms with E-state index in [-0.39, 0.29) is 35.1 Å². The van der Waals surface area contributed by atoms with Crippen LogP contribution in [0.1, 0.15) is 51.4 Å². The van der Waals surface area contributed by atoms with Gasteiger partial charge in [-0.1, -0.05) is 34.6 Å². The second-order valence-electron chi connectivity index (χ2n) is 6.94.